The zero-order valence-electron chi connectivity index (χ0n) is 5.04. The average molecular weight is 130 g/mol. The number of primary amides is 1. The van der Waals surface area contributed by atoms with Crippen molar-refractivity contribution in [3.63, 3.8) is 0 Å². The molecule has 1 aliphatic rings. The van der Waals surface area contributed by atoms with Crippen LogP contribution in [0, 0.1) is 5.92 Å². The molecule has 0 radical (unpaired) electrons. The van der Waals surface area contributed by atoms with Gasteiger partial charge < -0.3 is 16.2 Å². The Bertz CT molecular complexity index is 126. The number of carbonyl (C=O) groups is 1. The maximum atomic E-state index is 10.5. The van der Waals surface area contributed by atoms with E-state index in [0.717, 1.165) is 0 Å². The normalized spacial score (nSPS) is 34.8. The second kappa shape index (κ2) is 2.33. The highest BCUT2D eigenvalue weighted by atomic mass is 16.5. The molecule has 0 aromatic rings. The minimum atomic E-state index is -0.361. The lowest BCUT2D eigenvalue weighted by molar-refractivity contribution is -0.121. The molecule has 1 amide bonds. The van der Waals surface area contributed by atoms with Gasteiger partial charge in [-0.05, 0) is 0 Å². The monoisotopic (exact) mass is 130 g/mol. The van der Waals surface area contributed by atoms with Gasteiger partial charge in [-0.2, -0.15) is 0 Å². The summed E-state index contributed by atoms with van der Waals surface area (Å²) < 4.78 is 4.90. The number of hydrogen-bond donors (Lipinski definition) is 2. The van der Waals surface area contributed by atoms with Crippen molar-refractivity contribution in [1.29, 1.82) is 0 Å². The second-order valence-corrected chi connectivity index (χ2v) is 2.21. The summed E-state index contributed by atoms with van der Waals surface area (Å²) in [6, 6.07) is -0.192. The van der Waals surface area contributed by atoms with E-state index in [1.807, 2.05) is 0 Å². The molecular formula is C5H10N2O2. The van der Waals surface area contributed by atoms with Gasteiger partial charge in [-0.15, -0.1) is 0 Å². The molecule has 2 atom stereocenters. The molecule has 52 valence electrons. The number of hydrogen-bond acceptors (Lipinski definition) is 3. The summed E-state index contributed by atoms with van der Waals surface area (Å²) in [5.74, 6) is -0.634. The first kappa shape index (κ1) is 6.51. The Morgan fingerprint density at radius 2 is 2.22 bits per heavy atom. The molecular weight excluding hydrogens is 120 g/mol. The third-order valence-electron chi connectivity index (χ3n) is 1.49. The van der Waals surface area contributed by atoms with E-state index < -0.39 is 0 Å². The van der Waals surface area contributed by atoms with Crippen LogP contribution in [0.2, 0.25) is 0 Å². The van der Waals surface area contributed by atoms with E-state index in [0.29, 0.717) is 13.2 Å². The highest BCUT2D eigenvalue weighted by molar-refractivity contribution is 5.77. The van der Waals surface area contributed by atoms with Gasteiger partial charge in [0.05, 0.1) is 19.1 Å². The summed E-state index contributed by atoms with van der Waals surface area (Å²) in [5, 5.41) is 0. The van der Waals surface area contributed by atoms with Crippen molar-refractivity contribution < 1.29 is 9.53 Å². The third-order valence-corrected chi connectivity index (χ3v) is 1.49. The topological polar surface area (TPSA) is 78.3 Å². The minimum Gasteiger partial charge on any atom is -0.379 e. The van der Waals surface area contributed by atoms with Gasteiger partial charge in [-0.1, -0.05) is 0 Å². The Labute approximate surface area is 53.1 Å². The first-order valence-electron chi connectivity index (χ1n) is 2.84. The fraction of sp³-hybridized carbons (Fsp3) is 0.800. The van der Waals surface area contributed by atoms with Crippen molar-refractivity contribution in [2.24, 2.45) is 17.4 Å². The predicted molar refractivity (Wildman–Crippen MR) is 31.5 cm³/mol. The summed E-state index contributed by atoms with van der Waals surface area (Å²) >= 11 is 0. The van der Waals surface area contributed by atoms with Crippen LogP contribution in [0.25, 0.3) is 0 Å². The van der Waals surface area contributed by atoms with Crippen LogP contribution in [0.5, 0.6) is 0 Å². The highest BCUT2D eigenvalue weighted by Gasteiger charge is 2.29. The number of nitrogens with two attached hydrogens (primary N) is 2. The molecule has 0 saturated carbocycles. The Morgan fingerprint density at radius 1 is 1.56 bits per heavy atom. The van der Waals surface area contributed by atoms with Crippen LogP contribution >= 0.6 is 0 Å². The van der Waals surface area contributed by atoms with Gasteiger partial charge in [-0.25, -0.2) is 0 Å². The lowest BCUT2D eigenvalue weighted by atomic mass is 10.1. The number of rotatable bonds is 1. The number of ether oxygens (including phenoxy) is 1. The van der Waals surface area contributed by atoms with Gasteiger partial charge >= 0.3 is 0 Å². The Balaban J connectivity index is 2.49. The molecule has 4 nitrogen and oxygen atoms in total. The molecule has 0 aliphatic carbocycles. The first-order valence-corrected chi connectivity index (χ1v) is 2.84. The molecule has 4 heteroatoms. The summed E-state index contributed by atoms with van der Waals surface area (Å²) in [6.45, 7) is 0.837. The summed E-state index contributed by atoms with van der Waals surface area (Å²) in [6.07, 6.45) is 0. The van der Waals surface area contributed by atoms with Crippen LogP contribution in [0.4, 0.5) is 0 Å². The molecule has 4 N–H and O–H groups in total. The van der Waals surface area contributed by atoms with E-state index in [1.165, 1.54) is 0 Å². The molecule has 0 aromatic heterocycles. The van der Waals surface area contributed by atoms with Gasteiger partial charge in [0.15, 0.2) is 0 Å². The van der Waals surface area contributed by atoms with Crippen molar-refractivity contribution in [2.45, 2.75) is 6.04 Å². The van der Waals surface area contributed by atoms with E-state index in [9.17, 15) is 4.79 Å². The van der Waals surface area contributed by atoms with Gasteiger partial charge in [-0.3, -0.25) is 4.79 Å². The van der Waals surface area contributed by atoms with E-state index in [-0.39, 0.29) is 17.9 Å². The molecule has 1 heterocycles. The largest absolute Gasteiger partial charge is 0.379 e. The molecule has 0 aromatic carbocycles. The predicted octanol–water partition coefficient (Wildman–Crippen LogP) is -1.55. The van der Waals surface area contributed by atoms with Crippen LogP contribution < -0.4 is 11.5 Å². The van der Waals surface area contributed by atoms with Crippen molar-refractivity contribution in [3.8, 4) is 0 Å². The third kappa shape index (κ3) is 1.20. The lowest BCUT2D eigenvalue weighted by Crippen LogP contribution is -2.37. The van der Waals surface area contributed by atoms with Crippen LogP contribution in [0.3, 0.4) is 0 Å². The number of carbonyl (C=O) groups excluding carboxylic acids is 1. The smallest absolute Gasteiger partial charge is 0.224 e. The van der Waals surface area contributed by atoms with E-state index >= 15 is 0 Å². The van der Waals surface area contributed by atoms with Crippen LogP contribution in [-0.4, -0.2) is 25.2 Å². The molecule has 1 rings (SSSR count). The maximum Gasteiger partial charge on any atom is 0.224 e. The zero-order valence-corrected chi connectivity index (χ0v) is 5.04. The Hall–Kier alpha value is -0.610. The fourth-order valence-electron chi connectivity index (χ4n) is 0.864. The zero-order chi connectivity index (χ0) is 6.85. The SMILES string of the molecule is NC(=O)[C@@H]1COC[C@H]1N. The van der Waals surface area contributed by atoms with Gasteiger partial charge in [0.2, 0.25) is 5.91 Å². The maximum absolute atomic E-state index is 10.5. The Kier molecular flexibility index (Phi) is 1.68. The summed E-state index contributed by atoms with van der Waals surface area (Å²) in [4.78, 5) is 10.5. The molecule has 0 bridgehead atoms. The van der Waals surface area contributed by atoms with Gasteiger partial charge in [0.25, 0.3) is 0 Å². The summed E-state index contributed by atoms with van der Waals surface area (Å²) in [7, 11) is 0. The number of amides is 1. The average Bonchev–Trinajstić information content (AvgIpc) is 2.13. The minimum absolute atomic E-state index is 0.192. The van der Waals surface area contributed by atoms with Crippen LogP contribution in [0.15, 0.2) is 0 Å². The molecule has 0 spiro atoms. The van der Waals surface area contributed by atoms with E-state index in [2.05, 4.69) is 0 Å². The molecule has 1 fully saturated rings. The van der Waals surface area contributed by atoms with Crippen molar-refractivity contribution in [1.82, 2.24) is 0 Å². The van der Waals surface area contributed by atoms with Gasteiger partial charge in [0, 0.05) is 6.04 Å². The molecule has 0 unspecified atom stereocenters. The van der Waals surface area contributed by atoms with Crippen LogP contribution in [0.1, 0.15) is 0 Å². The molecule has 1 aliphatic heterocycles. The van der Waals surface area contributed by atoms with Crippen molar-refractivity contribution in [3.05, 3.63) is 0 Å². The standard InChI is InChI=1S/C5H10N2O2/c6-4-2-9-1-3(4)5(7)8/h3-4H,1-2,6H2,(H2,7,8)/t3-,4-/m1/s1. The van der Waals surface area contributed by atoms with Crippen molar-refractivity contribution >= 4 is 5.91 Å². The lowest BCUT2D eigenvalue weighted by Gasteiger charge is -2.06. The quantitative estimate of drug-likeness (QED) is 0.451. The van der Waals surface area contributed by atoms with E-state index in [1.54, 1.807) is 0 Å². The molecule has 9 heavy (non-hydrogen) atoms. The summed E-state index contributed by atoms with van der Waals surface area (Å²) in [5.41, 5.74) is 10.4. The highest BCUT2D eigenvalue weighted by Crippen LogP contribution is 2.09. The Morgan fingerprint density at radius 3 is 2.44 bits per heavy atom. The first-order chi connectivity index (χ1) is 4.22. The van der Waals surface area contributed by atoms with Crippen molar-refractivity contribution in [2.75, 3.05) is 13.2 Å². The fourth-order valence-corrected chi connectivity index (χ4v) is 0.864. The van der Waals surface area contributed by atoms with Gasteiger partial charge in [0.1, 0.15) is 0 Å². The molecule has 1 saturated heterocycles. The van der Waals surface area contributed by atoms with Crippen LogP contribution in [-0.2, 0) is 9.53 Å². The second-order valence-electron chi connectivity index (χ2n) is 2.21. The van der Waals surface area contributed by atoms with E-state index in [4.69, 9.17) is 16.2 Å².